The van der Waals surface area contributed by atoms with Crippen LogP contribution in [0.2, 0.25) is 0 Å². The number of nitrogens with one attached hydrogen (secondary N) is 1. The molecule has 2 aliphatic heterocycles. The molecule has 3 rings (SSSR count). The smallest absolute Gasteiger partial charge is 0.243 e. The summed E-state index contributed by atoms with van der Waals surface area (Å²) in [5, 5.41) is 3.29. The molecule has 7 nitrogen and oxygen atoms in total. The third kappa shape index (κ3) is 3.87. The van der Waals surface area contributed by atoms with Crippen molar-refractivity contribution < 1.29 is 17.9 Å². The normalized spacial score (nSPS) is 23.0. The fourth-order valence-corrected chi connectivity index (χ4v) is 5.11. The number of methoxy groups -OCH3 is 1. The molecule has 0 bridgehead atoms. The van der Waals surface area contributed by atoms with Gasteiger partial charge < -0.3 is 15.0 Å². The van der Waals surface area contributed by atoms with Gasteiger partial charge in [-0.2, -0.15) is 4.31 Å². The number of piperidine rings is 1. The van der Waals surface area contributed by atoms with Crippen molar-refractivity contribution in [3.8, 4) is 5.75 Å². The van der Waals surface area contributed by atoms with E-state index in [0.717, 1.165) is 19.6 Å². The van der Waals surface area contributed by atoms with Gasteiger partial charge in [-0.15, -0.1) is 0 Å². The molecule has 0 spiro atoms. The summed E-state index contributed by atoms with van der Waals surface area (Å²) in [4.78, 5) is 15.0. The van der Waals surface area contributed by atoms with E-state index >= 15 is 0 Å². The third-order valence-electron chi connectivity index (χ3n) is 5.28. The number of rotatable bonds is 4. The quantitative estimate of drug-likeness (QED) is 0.839. The Balaban J connectivity index is 1.62. The van der Waals surface area contributed by atoms with Crippen LogP contribution < -0.4 is 10.1 Å². The summed E-state index contributed by atoms with van der Waals surface area (Å²) in [6.07, 6.45) is 1.15. The SMILES string of the molecule is COc1ccc(S(=O)(=O)N2CCC(C(=O)N3CCNCC3C)CC2)cc1. The van der Waals surface area contributed by atoms with Crippen molar-refractivity contribution >= 4 is 15.9 Å². The number of sulfonamides is 1. The van der Waals surface area contributed by atoms with Gasteiger partial charge in [-0.1, -0.05) is 0 Å². The lowest BCUT2D eigenvalue weighted by atomic mass is 9.95. The highest BCUT2D eigenvalue weighted by molar-refractivity contribution is 7.89. The van der Waals surface area contributed by atoms with Crippen molar-refractivity contribution in [2.24, 2.45) is 5.92 Å². The molecule has 0 saturated carbocycles. The summed E-state index contributed by atoms with van der Waals surface area (Å²) in [7, 11) is -1.98. The second-order valence-electron chi connectivity index (χ2n) is 6.94. The minimum absolute atomic E-state index is 0.0853. The number of nitrogens with zero attached hydrogens (tertiary/aromatic N) is 2. The van der Waals surface area contributed by atoms with Crippen molar-refractivity contribution in [3.63, 3.8) is 0 Å². The number of hydrogen-bond donors (Lipinski definition) is 1. The zero-order chi connectivity index (χ0) is 18.7. The van der Waals surface area contributed by atoms with Crippen LogP contribution >= 0.6 is 0 Å². The van der Waals surface area contributed by atoms with Crippen LogP contribution in [0.1, 0.15) is 19.8 Å². The maximum absolute atomic E-state index is 12.8. The molecule has 26 heavy (non-hydrogen) atoms. The zero-order valence-corrected chi connectivity index (χ0v) is 16.2. The number of carbonyl (C=O) groups is 1. The topological polar surface area (TPSA) is 79.0 Å². The second kappa shape index (κ2) is 7.94. The first-order chi connectivity index (χ1) is 12.4. The molecule has 1 aromatic carbocycles. The van der Waals surface area contributed by atoms with E-state index in [0.29, 0.717) is 31.7 Å². The van der Waals surface area contributed by atoms with Crippen molar-refractivity contribution in [1.29, 1.82) is 0 Å². The Morgan fingerprint density at radius 3 is 2.38 bits per heavy atom. The summed E-state index contributed by atoms with van der Waals surface area (Å²) in [5.41, 5.74) is 0. The van der Waals surface area contributed by atoms with Crippen LogP contribution in [0.25, 0.3) is 0 Å². The Morgan fingerprint density at radius 1 is 1.15 bits per heavy atom. The van der Waals surface area contributed by atoms with Gasteiger partial charge in [0.25, 0.3) is 0 Å². The molecule has 2 aliphatic rings. The van der Waals surface area contributed by atoms with Crippen LogP contribution in [0, 0.1) is 5.92 Å². The van der Waals surface area contributed by atoms with Crippen LogP contribution in [0.5, 0.6) is 5.75 Å². The van der Waals surface area contributed by atoms with Gasteiger partial charge in [-0.25, -0.2) is 8.42 Å². The lowest BCUT2D eigenvalue weighted by Gasteiger charge is -2.38. The van der Waals surface area contributed by atoms with E-state index in [1.807, 2.05) is 11.8 Å². The van der Waals surface area contributed by atoms with Crippen LogP contribution in [0.3, 0.4) is 0 Å². The summed E-state index contributed by atoms with van der Waals surface area (Å²) in [6, 6.07) is 6.61. The van der Waals surface area contributed by atoms with Crippen molar-refractivity contribution in [1.82, 2.24) is 14.5 Å². The van der Waals surface area contributed by atoms with E-state index in [9.17, 15) is 13.2 Å². The highest BCUT2D eigenvalue weighted by Gasteiger charge is 2.35. The molecule has 8 heteroatoms. The number of piperazine rings is 1. The average molecular weight is 381 g/mol. The van der Waals surface area contributed by atoms with E-state index in [2.05, 4.69) is 5.32 Å². The van der Waals surface area contributed by atoms with Gasteiger partial charge in [-0.3, -0.25) is 4.79 Å². The number of ether oxygens (including phenoxy) is 1. The fraction of sp³-hybridized carbons (Fsp3) is 0.611. The largest absolute Gasteiger partial charge is 0.497 e. The monoisotopic (exact) mass is 381 g/mol. The van der Waals surface area contributed by atoms with Crippen LogP contribution in [0.4, 0.5) is 0 Å². The van der Waals surface area contributed by atoms with Gasteiger partial charge in [0.1, 0.15) is 5.75 Å². The minimum Gasteiger partial charge on any atom is -0.497 e. The molecule has 1 unspecified atom stereocenters. The first kappa shape index (κ1) is 19.1. The molecule has 2 heterocycles. The van der Waals surface area contributed by atoms with Gasteiger partial charge in [0.15, 0.2) is 0 Å². The Hall–Kier alpha value is -1.64. The number of amides is 1. The van der Waals surface area contributed by atoms with Gasteiger partial charge in [-0.05, 0) is 44.0 Å². The molecular weight excluding hydrogens is 354 g/mol. The van der Waals surface area contributed by atoms with Crippen molar-refractivity contribution in [2.45, 2.75) is 30.7 Å². The van der Waals surface area contributed by atoms with Crippen molar-refractivity contribution in [2.75, 3.05) is 39.8 Å². The molecule has 0 aromatic heterocycles. The highest BCUT2D eigenvalue weighted by Crippen LogP contribution is 2.26. The van der Waals surface area contributed by atoms with E-state index in [1.54, 1.807) is 31.4 Å². The lowest BCUT2D eigenvalue weighted by molar-refractivity contribution is -0.139. The molecule has 1 amide bonds. The Labute approximate surface area is 155 Å². The van der Waals surface area contributed by atoms with Gasteiger partial charge >= 0.3 is 0 Å². The molecule has 1 atom stereocenters. The molecule has 0 aliphatic carbocycles. The Morgan fingerprint density at radius 2 is 1.81 bits per heavy atom. The molecular formula is C18H27N3O4S. The predicted octanol–water partition coefficient (Wildman–Crippen LogP) is 0.916. The summed E-state index contributed by atoms with van der Waals surface area (Å²) < 4.78 is 32.2. The zero-order valence-electron chi connectivity index (χ0n) is 15.3. The molecule has 1 N–H and O–H groups in total. The number of hydrogen-bond acceptors (Lipinski definition) is 5. The Kier molecular flexibility index (Phi) is 5.84. The first-order valence-electron chi connectivity index (χ1n) is 9.09. The molecule has 1 aromatic rings. The van der Waals surface area contributed by atoms with E-state index in [-0.39, 0.29) is 22.8 Å². The average Bonchev–Trinajstić information content (AvgIpc) is 2.68. The predicted molar refractivity (Wildman–Crippen MR) is 98.5 cm³/mol. The molecule has 2 saturated heterocycles. The minimum atomic E-state index is -3.53. The summed E-state index contributed by atoms with van der Waals surface area (Å²) in [6.45, 7) is 5.17. The van der Waals surface area contributed by atoms with Crippen LogP contribution in [-0.4, -0.2) is 69.4 Å². The van der Waals surface area contributed by atoms with E-state index in [1.165, 1.54) is 4.31 Å². The van der Waals surface area contributed by atoms with Gasteiger partial charge in [0.05, 0.1) is 12.0 Å². The van der Waals surface area contributed by atoms with Gasteiger partial charge in [0, 0.05) is 44.7 Å². The lowest BCUT2D eigenvalue weighted by Crippen LogP contribution is -2.55. The molecule has 2 fully saturated rings. The van der Waals surface area contributed by atoms with Crippen LogP contribution in [0.15, 0.2) is 29.2 Å². The van der Waals surface area contributed by atoms with Crippen molar-refractivity contribution in [3.05, 3.63) is 24.3 Å². The third-order valence-corrected chi connectivity index (χ3v) is 7.20. The van der Waals surface area contributed by atoms with E-state index in [4.69, 9.17) is 4.74 Å². The number of carbonyl (C=O) groups excluding carboxylic acids is 1. The highest BCUT2D eigenvalue weighted by atomic mass is 32.2. The summed E-state index contributed by atoms with van der Waals surface area (Å²) >= 11 is 0. The maximum atomic E-state index is 12.8. The standard InChI is InChI=1S/C18H27N3O4S/c1-14-13-19-9-12-21(14)18(22)15-7-10-20(11-8-15)26(23,24)17-5-3-16(25-2)4-6-17/h3-6,14-15,19H,7-13H2,1-2H3. The Bertz CT molecular complexity index is 727. The molecule has 0 radical (unpaired) electrons. The van der Waals surface area contributed by atoms with Gasteiger partial charge in [0.2, 0.25) is 15.9 Å². The fourth-order valence-electron chi connectivity index (χ4n) is 3.64. The van der Waals surface area contributed by atoms with Crippen LogP contribution in [-0.2, 0) is 14.8 Å². The second-order valence-corrected chi connectivity index (χ2v) is 8.88. The molecule has 144 valence electrons. The summed E-state index contributed by atoms with van der Waals surface area (Å²) in [5.74, 6) is 0.705. The first-order valence-corrected chi connectivity index (χ1v) is 10.5. The number of benzene rings is 1. The van der Waals surface area contributed by atoms with E-state index < -0.39 is 10.0 Å². The maximum Gasteiger partial charge on any atom is 0.243 e.